The van der Waals surface area contributed by atoms with Crippen LogP contribution < -0.4 is 11.3 Å². The fourth-order valence-corrected chi connectivity index (χ4v) is 2.28. The molecule has 0 heterocycles. The highest BCUT2D eigenvalue weighted by Crippen LogP contribution is 2.18. The molecule has 0 aliphatic rings. The molecule has 0 aromatic rings. The summed E-state index contributed by atoms with van der Waals surface area (Å²) in [7, 11) is 0. The molecule has 0 radical (unpaired) electrons. The van der Waals surface area contributed by atoms with Crippen molar-refractivity contribution in [2.75, 3.05) is 0 Å². The van der Waals surface area contributed by atoms with Crippen molar-refractivity contribution in [1.29, 1.82) is 0 Å². The molecule has 1 atom stereocenters. The van der Waals surface area contributed by atoms with Gasteiger partial charge in [0.1, 0.15) is 0 Å². The highest BCUT2D eigenvalue weighted by Gasteiger charge is 2.15. The molecule has 0 aromatic carbocycles. The van der Waals surface area contributed by atoms with Crippen LogP contribution in [0, 0.1) is 5.92 Å². The van der Waals surface area contributed by atoms with Crippen molar-refractivity contribution >= 4 is 0 Å². The Balaban J connectivity index is 3.60. The lowest BCUT2D eigenvalue weighted by atomic mass is 9.90. The van der Waals surface area contributed by atoms with Gasteiger partial charge in [-0.3, -0.25) is 11.3 Å². The van der Waals surface area contributed by atoms with Gasteiger partial charge in [-0.15, -0.1) is 0 Å². The topological polar surface area (TPSA) is 38.0 Å². The summed E-state index contributed by atoms with van der Waals surface area (Å²) in [6.45, 7) is 6.78. The van der Waals surface area contributed by atoms with Gasteiger partial charge in [-0.1, -0.05) is 65.7 Å². The molecule has 0 aliphatic heterocycles. The van der Waals surface area contributed by atoms with Crippen LogP contribution in [0.2, 0.25) is 0 Å². The maximum atomic E-state index is 5.62. The second-order valence-corrected chi connectivity index (χ2v) is 4.55. The minimum absolute atomic E-state index is 0.529. The monoisotopic (exact) mass is 214 g/mol. The first-order valence-corrected chi connectivity index (χ1v) is 6.76. The first-order chi connectivity index (χ1) is 7.29. The fraction of sp³-hybridized carbons (Fsp3) is 1.00. The van der Waals surface area contributed by atoms with E-state index in [2.05, 4.69) is 26.2 Å². The van der Waals surface area contributed by atoms with Crippen molar-refractivity contribution < 1.29 is 0 Å². The van der Waals surface area contributed by atoms with Gasteiger partial charge in [0.25, 0.3) is 0 Å². The van der Waals surface area contributed by atoms with Crippen molar-refractivity contribution in [3.05, 3.63) is 0 Å². The molecule has 92 valence electrons. The predicted octanol–water partition coefficient (Wildman–Crippen LogP) is 3.62. The Morgan fingerprint density at radius 2 is 1.53 bits per heavy atom. The van der Waals surface area contributed by atoms with Crippen molar-refractivity contribution in [3.63, 3.8) is 0 Å². The molecule has 2 nitrogen and oxygen atoms in total. The molecule has 0 aromatic heterocycles. The van der Waals surface area contributed by atoms with Gasteiger partial charge < -0.3 is 0 Å². The molecule has 0 spiro atoms. The first-order valence-electron chi connectivity index (χ1n) is 6.76. The molecule has 3 N–H and O–H groups in total. The average molecular weight is 214 g/mol. The molecule has 0 amide bonds. The van der Waals surface area contributed by atoms with E-state index in [1.165, 1.54) is 51.4 Å². The van der Waals surface area contributed by atoms with Crippen LogP contribution in [0.3, 0.4) is 0 Å². The zero-order valence-corrected chi connectivity index (χ0v) is 10.9. The molecule has 0 saturated heterocycles. The number of rotatable bonds is 10. The summed E-state index contributed by atoms with van der Waals surface area (Å²) in [5, 5.41) is 0. The maximum Gasteiger partial charge on any atom is 0.0238 e. The standard InChI is InChI=1S/C13H30N2/c1-4-7-8-9-10-11-13(15-14)12(5-2)6-3/h12-13,15H,4-11,14H2,1-3H3. The van der Waals surface area contributed by atoms with Gasteiger partial charge in [-0.25, -0.2) is 0 Å². The third-order valence-electron chi connectivity index (χ3n) is 3.45. The van der Waals surface area contributed by atoms with Crippen LogP contribution in [-0.4, -0.2) is 6.04 Å². The van der Waals surface area contributed by atoms with Gasteiger partial charge in [0, 0.05) is 6.04 Å². The second-order valence-electron chi connectivity index (χ2n) is 4.55. The zero-order valence-electron chi connectivity index (χ0n) is 10.9. The highest BCUT2D eigenvalue weighted by atomic mass is 15.2. The maximum absolute atomic E-state index is 5.62. The molecule has 0 fully saturated rings. The van der Waals surface area contributed by atoms with Crippen LogP contribution in [0.5, 0.6) is 0 Å². The summed E-state index contributed by atoms with van der Waals surface area (Å²) < 4.78 is 0. The van der Waals surface area contributed by atoms with E-state index < -0.39 is 0 Å². The van der Waals surface area contributed by atoms with Gasteiger partial charge >= 0.3 is 0 Å². The number of unbranched alkanes of at least 4 members (excludes halogenated alkanes) is 4. The number of nitrogens with two attached hydrogens (primary N) is 1. The summed E-state index contributed by atoms with van der Waals surface area (Å²) in [6, 6.07) is 0.529. The normalized spacial score (nSPS) is 13.4. The van der Waals surface area contributed by atoms with Crippen LogP contribution in [-0.2, 0) is 0 Å². The Kier molecular flexibility index (Phi) is 10.4. The number of hydrogen-bond acceptors (Lipinski definition) is 2. The van der Waals surface area contributed by atoms with E-state index in [9.17, 15) is 0 Å². The molecule has 0 bridgehead atoms. The summed E-state index contributed by atoms with van der Waals surface area (Å²) in [5.74, 6) is 6.37. The Labute approximate surface area is 96.0 Å². The molecule has 0 rings (SSSR count). The van der Waals surface area contributed by atoms with E-state index in [1.807, 2.05) is 0 Å². The van der Waals surface area contributed by atoms with Crippen molar-refractivity contribution in [2.45, 2.75) is 78.2 Å². The van der Waals surface area contributed by atoms with Crippen LogP contribution in [0.1, 0.15) is 72.1 Å². The van der Waals surface area contributed by atoms with Gasteiger partial charge in [-0.2, -0.15) is 0 Å². The van der Waals surface area contributed by atoms with Crippen LogP contribution >= 0.6 is 0 Å². The van der Waals surface area contributed by atoms with Crippen LogP contribution in [0.4, 0.5) is 0 Å². The van der Waals surface area contributed by atoms with Crippen molar-refractivity contribution in [1.82, 2.24) is 5.43 Å². The summed E-state index contributed by atoms with van der Waals surface area (Å²) in [5.41, 5.74) is 2.99. The van der Waals surface area contributed by atoms with Crippen LogP contribution in [0.25, 0.3) is 0 Å². The SMILES string of the molecule is CCCCCCCC(NN)C(CC)CC. The lowest BCUT2D eigenvalue weighted by molar-refractivity contribution is 0.312. The lowest BCUT2D eigenvalue weighted by Crippen LogP contribution is -2.40. The van der Waals surface area contributed by atoms with Crippen LogP contribution in [0.15, 0.2) is 0 Å². The summed E-state index contributed by atoms with van der Waals surface area (Å²) >= 11 is 0. The summed E-state index contributed by atoms with van der Waals surface area (Å²) in [6.07, 6.45) is 10.5. The molecular weight excluding hydrogens is 184 g/mol. The van der Waals surface area contributed by atoms with E-state index in [1.54, 1.807) is 0 Å². The van der Waals surface area contributed by atoms with Crippen molar-refractivity contribution in [2.24, 2.45) is 11.8 Å². The van der Waals surface area contributed by atoms with Gasteiger partial charge in [-0.05, 0) is 12.3 Å². The zero-order chi connectivity index (χ0) is 11.5. The predicted molar refractivity (Wildman–Crippen MR) is 68.6 cm³/mol. The molecule has 0 aliphatic carbocycles. The largest absolute Gasteiger partial charge is 0.271 e. The van der Waals surface area contributed by atoms with Crippen molar-refractivity contribution in [3.8, 4) is 0 Å². The van der Waals surface area contributed by atoms with E-state index in [0.29, 0.717) is 6.04 Å². The Morgan fingerprint density at radius 1 is 0.933 bits per heavy atom. The van der Waals surface area contributed by atoms with E-state index >= 15 is 0 Å². The highest BCUT2D eigenvalue weighted by molar-refractivity contribution is 4.72. The minimum Gasteiger partial charge on any atom is -0.271 e. The van der Waals surface area contributed by atoms with E-state index in [-0.39, 0.29) is 0 Å². The minimum atomic E-state index is 0.529. The number of nitrogens with one attached hydrogen (secondary N) is 1. The van der Waals surface area contributed by atoms with Gasteiger partial charge in [0.05, 0.1) is 0 Å². The van der Waals surface area contributed by atoms with Gasteiger partial charge in [0.2, 0.25) is 0 Å². The van der Waals surface area contributed by atoms with E-state index in [4.69, 9.17) is 5.84 Å². The number of hydrazine groups is 1. The first kappa shape index (κ1) is 14.9. The molecule has 1 unspecified atom stereocenters. The third-order valence-corrected chi connectivity index (χ3v) is 3.45. The lowest BCUT2D eigenvalue weighted by Gasteiger charge is -2.24. The molecular formula is C13H30N2. The Morgan fingerprint density at radius 3 is 2.00 bits per heavy atom. The van der Waals surface area contributed by atoms with E-state index in [0.717, 1.165) is 5.92 Å². The fourth-order valence-electron chi connectivity index (χ4n) is 2.28. The Hall–Kier alpha value is -0.0800. The van der Waals surface area contributed by atoms with Gasteiger partial charge in [0.15, 0.2) is 0 Å². The smallest absolute Gasteiger partial charge is 0.0238 e. The summed E-state index contributed by atoms with van der Waals surface area (Å²) in [4.78, 5) is 0. The molecule has 2 heteroatoms. The number of hydrogen-bond donors (Lipinski definition) is 2. The molecule has 0 saturated carbocycles. The quantitative estimate of drug-likeness (QED) is 0.331. The third kappa shape index (κ3) is 6.91. The molecule has 15 heavy (non-hydrogen) atoms. The Bertz CT molecular complexity index is 122. The average Bonchev–Trinajstić information content (AvgIpc) is 2.27. The second kappa shape index (κ2) is 10.4.